The maximum atomic E-state index is 12.8. The Balaban J connectivity index is 1.26. The molecule has 0 fully saturated rings. The SMILES string of the molecule is O=C(C[C@@H]1CSc2nc3c(c(=O)n21)CCC3)NCc1ccc2c(c1)OCO2. The number of carbonyl (C=O) groups excluding carboxylic acids is 1. The van der Waals surface area contributed by atoms with Gasteiger partial charge in [0, 0.05) is 24.3 Å². The molecule has 3 aliphatic rings. The highest BCUT2D eigenvalue weighted by molar-refractivity contribution is 7.99. The molecule has 2 aromatic rings. The Kier molecular flexibility index (Phi) is 4.07. The zero-order valence-corrected chi connectivity index (χ0v) is 15.5. The number of hydrogen-bond acceptors (Lipinski definition) is 6. The van der Waals surface area contributed by atoms with E-state index in [2.05, 4.69) is 10.3 Å². The fraction of sp³-hybridized carbons (Fsp3) is 0.421. The molecule has 1 amide bonds. The van der Waals surface area contributed by atoms with Crippen LogP contribution in [-0.4, -0.2) is 28.0 Å². The summed E-state index contributed by atoms with van der Waals surface area (Å²) in [7, 11) is 0. The van der Waals surface area contributed by atoms with Crippen LogP contribution in [0.2, 0.25) is 0 Å². The van der Waals surface area contributed by atoms with Crippen molar-refractivity contribution in [2.45, 2.75) is 43.4 Å². The summed E-state index contributed by atoms with van der Waals surface area (Å²) in [5.74, 6) is 2.07. The van der Waals surface area contributed by atoms with Crippen molar-refractivity contribution in [1.82, 2.24) is 14.9 Å². The van der Waals surface area contributed by atoms with Crippen molar-refractivity contribution < 1.29 is 14.3 Å². The lowest BCUT2D eigenvalue weighted by molar-refractivity contribution is -0.121. The molecule has 2 aliphatic heterocycles. The molecule has 1 aromatic heterocycles. The van der Waals surface area contributed by atoms with Gasteiger partial charge >= 0.3 is 0 Å². The lowest BCUT2D eigenvalue weighted by Gasteiger charge is -2.14. The summed E-state index contributed by atoms with van der Waals surface area (Å²) in [6, 6.07) is 5.50. The first-order chi connectivity index (χ1) is 13.2. The van der Waals surface area contributed by atoms with Crippen LogP contribution in [0.15, 0.2) is 28.2 Å². The van der Waals surface area contributed by atoms with Crippen LogP contribution in [0.25, 0.3) is 0 Å². The molecular weight excluding hydrogens is 366 g/mol. The molecule has 5 rings (SSSR count). The first-order valence-corrected chi connectivity index (χ1v) is 10.1. The van der Waals surface area contributed by atoms with E-state index < -0.39 is 0 Å². The molecule has 7 nitrogen and oxygen atoms in total. The average Bonchev–Trinajstić information content (AvgIpc) is 3.39. The molecule has 0 saturated carbocycles. The van der Waals surface area contributed by atoms with Gasteiger partial charge in [-0.2, -0.15) is 0 Å². The zero-order valence-electron chi connectivity index (χ0n) is 14.7. The summed E-state index contributed by atoms with van der Waals surface area (Å²) < 4.78 is 12.4. The monoisotopic (exact) mass is 385 g/mol. The summed E-state index contributed by atoms with van der Waals surface area (Å²) >= 11 is 1.57. The number of amides is 1. The van der Waals surface area contributed by atoms with E-state index in [0.717, 1.165) is 47.0 Å². The number of nitrogens with zero attached hydrogens (tertiary/aromatic N) is 2. The van der Waals surface area contributed by atoms with Crippen molar-refractivity contribution in [3.05, 3.63) is 45.4 Å². The van der Waals surface area contributed by atoms with Crippen LogP contribution in [-0.2, 0) is 24.2 Å². The topological polar surface area (TPSA) is 82.5 Å². The molecule has 0 bridgehead atoms. The second kappa shape index (κ2) is 6.60. The van der Waals surface area contributed by atoms with Crippen molar-refractivity contribution in [3.8, 4) is 11.5 Å². The maximum absolute atomic E-state index is 12.8. The molecular formula is C19H19N3O4S. The fourth-order valence-electron chi connectivity index (χ4n) is 3.84. The van der Waals surface area contributed by atoms with Gasteiger partial charge in [-0.1, -0.05) is 17.8 Å². The standard InChI is InChI=1S/C19H19N3O4S/c23-17(20-8-11-4-5-15-16(6-11)26-10-25-15)7-12-9-27-19-21-14-3-1-2-13(14)18(24)22(12)19/h4-6,12H,1-3,7-10H2,(H,20,23)/t12-/m1/s1. The normalized spacial score (nSPS) is 19.0. The molecule has 1 N–H and O–H groups in total. The number of thioether (sulfide) groups is 1. The van der Waals surface area contributed by atoms with E-state index in [4.69, 9.17) is 9.47 Å². The smallest absolute Gasteiger partial charge is 0.257 e. The minimum absolute atomic E-state index is 0.0473. The highest BCUT2D eigenvalue weighted by Crippen LogP contribution is 2.34. The van der Waals surface area contributed by atoms with E-state index in [1.165, 1.54) is 0 Å². The van der Waals surface area contributed by atoms with Crippen LogP contribution in [0, 0.1) is 0 Å². The van der Waals surface area contributed by atoms with Gasteiger partial charge in [0.25, 0.3) is 5.56 Å². The van der Waals surface area contributed by atoms with E-state index in [1.807, 2.05) is 18.2 Å². The lowest BCUT2D eigenvalue weighted by Crippen LogP contribution is -2.32. The Bertz CT molecular complexity index is 988. The second-order valence-electron chi connectivity index (χ2n) is 6.98. The van der Waals surface area contributed by atoms with Crippen molar-refractivity contribution >= 4 is 17.7 Å². The van der Waals surface area contributed by atoms with Crippen LogP contribution >= 0.6 is 11.8 Å². The molecule has 140 valence electrons. The summed E-state index contributed by atoms with van der Waals surface area (Å²) in [5.41, 5.74) is 2.79. The summed E-state index contributed by atoms with van der Waals surface area (Å²) in [4.78, 5) is 29.9. The van der Waals surface area contributed by atoms with E-state index in [1.54, 1.807) is 16.3 Å². The molecule has 1 aliphatic carbocycles. The minimum atomic E-state index is -0.132. The maximum Gasteiger partial charge on any atom is 0.257 e. The van der Waals surface area contributed by atoms with Gasteiger partial charge in [0.2, 0.25) is 12.7 Å². The Labute approximate surface area is 160 Å². The number of benzene rings is 1. The zero-order chi connectivity index (χ0) is 18.4. The van der Waals surface area contributed by atoms with E-state index in [9.17, 15) is 9.59 Å². The van der Waals surface area contributed by atoms with Gasteiger partial charge in [-0.05, 0) is 37.0 Å². The van der Waals surface area contributed by atoms with Crippen LogP contribution in [0.4, 0.5) is 0 Å². The van der Waals surface area contributed by atoms with Gasteiger partial charge in [-0.25, -0.2) is 4.98 Å². The second-order valence-corrected chi connectivity index (χ2v) is 7.97. The molecule has 0 saturated heterocycles. The van der Waals surface area contributed by atoms with Crippen LogP contribution < -0.4 is 20.3 Å². The third-order valence-electron chi connectivity index (χ3n) is 5.22. The van der Waals surface area contributed by atoms with Crippen LogP contribution in [0.1, 0.15) is 35.7 Å². The Morgan fingerprint density at radius 3 is 3.11 bits per heavy atom. The predicted octanol–water partition coefficient (Wildman–Crippen LogP) is 1.81. The van der Waals surface area contributed by atoms with Crippen LogP contribution in [0.5, 0.6) is 11.5 Å². The molecule has 0 unspecified atom stereocenters. The first kappa shape index (κ1) is 16.7. The largest absolute Gasteiger partial charge is 0.454 e. The van der Waals surface area contributed by atoms with Gasteiger partial charge in [-0.15, -0.1) is 0 Å². The number of ether oxygens (including phenoxy) is 2. The summed E-state index contributed by atoms with van der Waals surface area (Å²) in [6.07, 6.45) is 2.96. The highest BCUT2D eigenvalue weighted by atomic mass is 32.2. The quantitative estimate of drug-likeness (QED) is 0.809. The number of hydrogen-bond donors (Lipinski definition) is 1. The summed E-state index contributed by atoms with van der Waals surface area (Å²) in [6.45, 7) is 0.649. The molecule has 0 radical (unpaired) electrons. The van der Waals surface area contributed by atoms with Crippen molar-refractivity contribution in [3.63, 3.8) is 0 Å². The van der Waals surface area contributed by atoms with Crippen molar-refractivity contribution in [1.29, 1.82) is 0 Å². The number of fused-ring (bicyclic) bond motifs is 3. The molecule has 8 heteroatoms. The van der Waals surface area contributed by atoms with Gasteiger partial charge in [-0.3, -0.25) is 14.2 Å². The predicted molar refractivity (Wildman–Crippen MR) is 99.3 cm³/mol. The Morgan fingerprint density at radius 2 is 2.19 bits per heavy atom. The molecule has 27 heavy (non-hydrogen) atoms. The van der Waals surface area contributed by atoms with Gasteiger partial charge in [0.1, 0.15) is 0 Å². The number of aromatic nitrogens is 2. The molecule has 1 atom stereocenters. The highest BCUT2D eigenvalue weighted by Gasteiger charge is 2.31. The third kappa shape index (κ3) is 2.97. The molecule has 0 spiro atoms. The number of aryl methyl sites for hydroxylation is 1. The number of carbonyl (C=O) groups is 1. The molecule has 3 heterocycles. The van der Waals surface area contributed by atoms with Crippen molar-refractivity contribution in [2.24, 2.45) is 0 Å². The van der Waals surface area contributed by atoms with E-state index in [-0.39, 0.29) is 30.7 Å². The number of nitrogens with one attached hydrogen (secondary N) is 1. The Morgan fingerprint density at radius 1 is 1.30 bits per heavy atom. The number of rotatable bonds is 4. The summed E-state index contributed by atoms with van der Waals surface area (Å²) in [5, 5.41) is 3.70. The third-order valence-corrected chi connectivity index (χ3v) is 6.32. The van der Waals surface area contributed by atoms with E-state index >= 15 is 0 Å². The van der Waals surface area contributed by atoms with Crippen LogP contribution in [0.3, 0.4) is 0 Å². The fourth-order valence-corrected chi connectivity index (χ4v) is 4.99. The average molecular weight is 385 g/mol. The molecule has 1 aromatic carbocycles. The first-order valence-electron chi connectivity index (χ1n) is 9.11. The van der Waals surface area contributed by atoms with Gasteiger partial charge in [0.05, 0.1) is 11.7 Å². The minimum Gasteiger partial charge on any atom is -0.454 e. The van der Waals surface area contributed by atoms with Gasteiger partial charge in [0.15, 0.2) is 16.7 Å². The van der Waals surface area contributed by atoms with E-state index in [0.29, 0.717) is 18.0 Å². The lowest BCUT2D eigenvalue weighted by atomic mass is 10.1. The van der Waals surface area contributed by atoms with Gasteiger partial charge < -0.3 is 14.8 Å². The Hall–Kier alpha value is -2.48. The van der Waals surface area contributed by atoms with Crippen molar-refractivity contribution in [2.75, 3.05) is 12.5 Å².